The van der Waals surface area contributed by atoms with E-state index in [1.54, 1.807) is 38.1 Å². The minimum absolute atomic E-state index is 0.00606. The Hall–Kier alpha value is -3.89. The Kier molecular flexibility index (Phi) is 9.21. The molecule has 2 heterocycles. The molecule has 1 fully saturated rings. The van der Waals surface area contributed by atoms with Crippen LogP contribution in [0.2, 0.25) is 0 Å². The van der Waals surface area contributed by atoms with E-state index in [-0.39, 0.29) is 17.8 Å². The van der Waals surface area contributed by atoms with E-state index in [0.717, 1.165) is 27.9 Å². The molecule has 0 bridgehead atoms. The number of benzene rings is 3. The highest BCUT2D eigenvalue weighted by molar-refractivity contribution is 7.98. The monoisotopic (exact) mass is 575 g/mol. The van der Waals surface area contributed by atoms with Crippen molar-refractivity contribution in [3.05, 3.63) is 89.7 Å². The van der Waals surface area contributed by atoms with Crippen LogP contribution in [0.1, 0.15) is 28.9 Å². The van der Waals surface area contributed by atoms with E-state index in [0.29, 0.717) is 49.8 Å². The second-order valence-electron chi connectivity index (χ2n) is 9.93. The molecule has 1 aromatic heterocycles. The fourth-order valence-corrected chi connectivity index (χ4v) is 5.97. The van der Waals surface area contributed by atoms with Gasteiger partial charge in [0.05, 0.1) is 25.4 Å². The maximum Gasteiger partial charge on any atom is 0.253 e. The third-order valence-electron chi connectivity index (χ3n) is 7.17. The molecule has 10 heteroatoms. The zero-order chi connectivity index (χ0) is 28.8. The van der Waals surface area contributed by atoms with Crippen LogP contribution in [0.15, 0.2) is 78.0 Å². The Labute approximate surface area is 244 Å². The summed E-state index contributed by atoms with van der Waals surface area (Å²) in [7, 11) is 3.33. The number of ether oxygens (including phenoxy) is 2. The molecule has 1 saturated heterocycles. The van der Waals surface area contributed by atoms with Gasteiger partial charge in [-0.25, -0.2) is 4.39 Å². The Morgan fingerprint density at radius 3 is 2.44 bits per heavy atom. The predicted molar refractivity (Wildman–Crippen MR) is 159 cm³/mol. The number of piperazine rings is 1. The fourth-order valence-electron chi connectivity index (χ4n) is 4.98. The minimum Gasteiger partial charge on any atom is -0.497 e. The van der Waals surface area contributed by atoms with Crippen LogP contribution in [0.5, 0.6) is 5.75 Å². The van der Waals surface area contributed by atoms with Gasteiger partial charge < -0.3 is 19.3 Å². The van der Waals surface area contributed by atoms with E-state index in [9.17, 15) is 9.18 Å². The number of carbonyl (C=O) groups is 1. The third kappa shape index (κ3) is 6.55. The van der Waals surface area contributed by atoms with E-state index in [2.05, 4.69) is 21.7 Å². The number of methoxy groups -OCH3 is 2. The zero-order valence-electron chi connectivity index (χ0n) is 23.5. The van der Waals surface area contributed by atoms with Crippen LogP contribution in [-0.4, -0.2) is 72.6 Å². The Morgan fingerprint density at radius 2 is 1.73 bits per heavy atom. The summed E-state index contributed by atoms with van der Waals surface area (Å²) < 4.78 is 27.1. The quantitative estimate of drug-likeness (QED) is 0.230. The van der Waals surface area contributed by atoms with Gasteiger partial charge in [-0.05, 0) is 48.9 Å². The molecule has 1 amide bonds. The van der Waals surface area contributed by atoms with Crippen LogP contribution in [0, 0.1) is 5.82 Å². The van der Waals surface area contributed by atoms with Gasteiger partial charge in [0, 0.05) is 50.2 Å². The van der Waals surface area contributed by atoms with Crippen molar-refractivity contribution < 1.29 is 18.7 Å². The topological polar surface area (TPSA) is 72.7 Å². The van der Waals surface area contributed by atoms with Gasteiger partial charge in [0.25, 0.3) is 5.91 Å². The van der Waals surface area contributed by atoms with Gasteiger partial charge in [-0.1, -0.05) is 48.2 Å². The first-order valence-electron chi connectivity index (χ1n) is 13.6. The Morgan fingerprint density at radius 1 is 0.976 bits per heavy atom. The van der Waals surface area contributed by atoms with Gasteiger partial charge in [-0.2, -0.15) is 0 Å². The maximum absolute atomic E-state index is 14.2. The highest BCUT2D eigenvalue weighted by Crippen LogP contribution is 2.31. The molecular formula is C31H34FN5O3S. The lowest BCUT2D eigenvalue weighted by Gasteiger charge is -2.36. The molecule has 8 nitrogen and oxygen atoms in total. The van der Waals surface area contributed by atoms with Crippen molar-refractivity contribution in [2.24, 2.45) is 0 Å². The van der Waals surface area contributed by atoms with Crippen molar-refractivity contribution in [3.63, 3.8) is 0 Å². The molecule has 1 aliphatic heterocycles. The summed E-state index contributed by atoms with van der Waals surface area (Å²) in [6.45, 7) is 4.90. The summed E-state index contributed by atoms with van der Waals surface area (Å²) in [6.07, 6.45) is 0. The summed E-state index contributed by atoms with van der Waals surface area (Å²) in [5, 5.41) is 9.79. The minimum atomic E-state index is -0.233. The van der Waals surface area contributed by atoms with E-state index in [1.165, 1.54) is 6.07 Å². The summed E-state index contributed by atoms with van der Waals surface area (Å²) in [6, 6.07) is 22.3. The van der Waals surface area contributed by atoms with Crippen molar-refractivity contribution in [3.8, 4) is 17.1 Å². The number of halogens is 1. The number of anilines is 1. The van der Waals surface area contributed by atoms with E-state index in [1.807, 2.05) is 64.4 Å². The van der Waals surface area contributed by atoms with Gasteiger partial charge in [0.1, 0.15) is 11.6 Å². The number of aromatic nitrogens is 3. The van der Waals surface area contributed by atoms with Gasteiger partial charge in [-0.15, -0.1) is 10.2 Å². The van der Waals surface area contributed by atoms with Crippen molar-refractivity contribution in [2.45, 2.75) is 23.9 Å². The average Bonchev–Trinajstić information content (AvgIpc) is 3.45. The van der Waals surface area contributed by atoms with E-state index >= 15 is 0 Å². The molecule has 1 aliphatic rings. The smallest absolute Gasteiger partial charge is 0.253 e. The van der Waals surface area contributed by atoms with Gasteiger partial charge in [-0.3, -0.25) is 9.36 Å². The van der Waals surface area contributed by atoms with E-state index < -0.39 is 0 Å². The normalized spacial score (nSPS) is 14.2. The largest absolute Gasteiger partial charge is 0.497 e. The molecule has 0 saturated carbocycles. The lowest BCUT2D eigenvalue weighted by Crippen LogP contribution is -2.49. The standard InChI is InChI=1S/C31H34FN5O3S/c1-22(20-39-2)37-29(25-7-6-8-26(19-25)40-3)33-34-31(37)41-21-23-11-13-24(14-12-23)30(38)36-17-15-35(16-18-36)28-10-5-4-9-27(28)32/h4-14,19,22H,15-18,20-21H2,1-3H3. The molecule has 5 rings (SSSR count). The highest BCUT2D eigenvalue weighted by Gasteiger charge is 2.24. The van der Waals surface area contributed by atoms with Crippen molar-refractivity contribution >= 4 is 23.4 Å². The predicted octanol–water partition coefficient (Wildman–Crippen LogP) is 5.55. The van der Waals surface area contributed by atoms with Crippen LogP contribution in [-0.2, 0) is 10.5 Å². The summed E-state index contributed by atoms with van der Waals surface area (Å²) in [5.74, 6) is 1.95. The molecule has 214 valence electrons. The summed E-state index contributed by atoms with van der Waals surface area (Å²) in [4.78, 5) is 17.0. The highest BCUT2D eigenvalue weighted by atomic mass is 32.2. The maximum atomic E-state index is 14.2. The third-order valence-corrected chi connectivity index (χ3v) is 8.18. The Bertz CT molecular complexity index is 1470. The first-order chi connectivity index (χ1) is 20.0. The molecular weight excluding hydrogens is 541 g/mol. The van der Waals surface area contributed by atoms with Gasteiger partial charge in [0.15, 0.2) is 11.0 Å². The molecule has 1 unspecified atom stereocenters. The summed E-state index contributed by atoms with van der Waals surface area (Å²) in [5.41, 5.74) is 3.23. The number of carbonyl (C=O) groups excluding carboxylic acids is 1. The summed E-state index contributed by atoms with van der Waals surface area (Å²) >= 11 is 1.59. The van der Waals surface area contributed by atoms with Crippen LogP contribution in [0.25, 0.3) is 11.4 Å². The molecule has 0 N–H and O–H groups in total. The molecule has 3 aromatic carbocycles. The molecule has 1 atom stereocenters. The molecule has 0 aliphatic carbocycles. The number of para-hydroxylation sites is 1. The van der Waals surface area contributed by atoms with Gasteiger partial charge >= 0.3 is 0 Å². The SMILES string of the molecule is COCC(C)n1c(SCc2ccc(C(=O)N3CCN(c4ccccc4F)CC3)cc2)nnc1-c1cccc(OC)c1. The lowest BCUT2D eigenvalue weighted by molar-refractivity contribution is 0.0746. The number of rotatable bonds is 10. The number of hydrogen-bond acceptors (Lipinski definition) is 7. The lowest BCUT2D eigenvalue weighted by atomic mass is 10.1. The molecule has 0 spiro atoms. The van der Waals surface area contributed by atoms with Crippen LogP contribution in [0.3, 0.4) is 0 Å². The van der Waals surface area contributed by atoms with Crippen LogP contribution in [0.4, 0.5) is 10.1 Å². The number of nitrogens with zero attached hydrogens (tertiary/aromatic N) is 5. The number of amides is 1. The van der Waals surface area contributed by atoms with Crippen molar-refractivity contribution in [1.29, 1.82) is 0 Å². The van der Waals surface area contributed by atoms with Crippen LogP contribution < -0.4 is 9.64 Å². The molecule has 0 radical (unpaired) electrons. The second-order valence-corrected chi connectivity index (χ2v) is 10.9. The second kappa shape index (κ2) is 13.2. The van der Waals surface area contributed by atoms with Crippen LogP contribution >= 0.6 is 11.8 Å². The van der Waals surface area contributed by atoms with Gasteiger partial charge in [0.2, 0.25) is 0 Å². The first kappa shape index (κ1) is 28.6. The van der Waals surface area contributed by atoms with E-state index in [4.69, 9.17) is 9.47 Å². The Balaban J connectivity index is 1.23. The molecule has 41 heavy (non-hydrogen) atoms. The first-order valence-corrected chi connectivity index (χ1v) is 14.6. The van der Waals surface area contributed by atoms with Crippen molar-refractivity contribution in [1.82, 2.24) is 19.7 Å². The zero-order valence-corrected chi connectivity index (χ0v) is 24.3. The average molecular weight is 576 g/mol. The number of hydrogen-bond donors (Lipinski definition) is 0. The van der Waals surface area contributed by atoms with Crippen molar-refractivity contribution in [2.75, 3.05) is 51.9 Å². The fraction of sp³-hybridized carbons (Fsp3) is 0.323. The number of thioether (sulfide) groups is 1. The molecule has 4 aromatic rings.